The van der Waals surface area contributed by atoms with Crippen LogP contribution < -0.4 is 11.3 Å². The van der Waals surface area contributed by atoms with Gasteiger partial charge in [-0.25, -0.2) is 8.42 Å². The third-order valence-corrected chi connectivity index (χ3v) is 4.87. The molecule has 0 aliphatic carbocycles. The molecule has 1 heterocycles. The predicted molar refractivity (Wildman–Crippen MR) is 48.2 cm³/mol. The zero-order valence-corrected chi connectivity index (χ0v) is 8.10. The van der Waals surface area contributed by atoms with Crippen molar-refractivity contribution in [2.45, 2.75) is 37.5 Å². The topological polar surface area (TPSA) is 72.2 Å². The van der Waals surface area contributed by atoms with E-state index in [0.717, 1.165) is 19.3 Å². The molecule has 5 heteroatoms. The molecule has 0 saturated carbocycles. The molecule has 3 N–H and O–H groups in total. The Kier molecular flexibility index (Phi) is 3.09. The van der Waals surface area contributed by atoms with E-state index >= 15 is 0 Å². The Hall–Kier alpha value is -0.130. The molecule has 1 saturated heterocycles. The van der Waals surface area contributed by atoms with Crippen LogP contribution in [0, 0.1) is 0 Å². The fraction of sp³-hybridized carbons (Fsp3) is 1.00. The van der Waals surface area contributed by atoms with E-state index in [-0.39, 0.29) is 11.3 Å². The molecule has 12 heavy (non-hydrogen) atoms. The number of sulfone groups is 1. The maximum absolute atomic E-state index is 11.5. The quantitative estimate of drug-likeness (QED) is 0.470. The molecule has 72 valence electrons. The monoisotopic (exact) mass is 192 g/mol. The first-order valence-corrected chi connectivity index (χ1v) is 5.97. The van der Waals surface area contributed by atoms with Crippen LogP contribution in [-0.4, -0.2) is 25.5 Å². The Bertz CT molecular complexity index is 238. The summed E-state index contributed by atoms with van der Waals surface area (Å²) in [7, 11) is -2.88. The number of nitrogens with one attached hydrogen (secondary N) is 1. The van der Waals surface area contributed by atoms with Crippen molar-refractivity contribution in [1.29, 1.82) is 0 Å². The van der Waals surface area contributed by atoms with Gasteiger partial charge in [0.05, 0.1) is 11.0 Å². The van der Waals surface area contributed by atoms with Crippen molar-refractivity contribution in [1.82, 2.24) is 5.43 Å². The molecule has 0 bridgehead atoms. The lowest BCUT2D eigenvalue weighted by atomic mass is 10.1. The van der Waals surface area contributed by atoms with Gasteiger partial charge in [0.1, 0.15) is 0 Å². The van der Waals surface area contributed by atoms with Gasteiger partial charge in [0.15, 0.2) is 9.84 Å². The molecule has 1 aliphatic rings. The van der Waals surface area contributed by atoms with Crippen molar-refractivity contribution in [2.24, 2.45) is 5.84 Å². The van der Waals surface area contributed by atoms with Crippen molar-refractivity contribution in [3.05, 3.63) is 0 Å². The van der Waals surface area contributed by atoms with Crippen LogP contribution in [0.3, 0.4) is 0 Å². The molecule has 1 rings (SSSR count). The Balaban J connectivity index is 2.73. The van der Waals surface area contributed by atoms with Crippen LogP contribution in [0.5, 0.6) is 0 Å². The van der Waals surface area contributed by atoms with Gasteiger partial charge in [0.2, 0.25) is 0 Å². The van der Waals surface area contributed by atoms with Crippen molar-refractivity contribution < 1.29 is 8.42 Å². The van der Waals surface area contributed by atoms with Gasteiger partial charge in [0.25, 0.3) is 0 Å². The van der Waals surface area contributed by atoms with E-state index in [1.807, 2.05) is 6.92 Å². The second kappa shape index (κ2) is 3.72. The molecule has 0 spiro atoms. The Morgan fingerprint density at radius 3 is 2.67 bits per heavy atom. The minimum atomic E-state index is -2.88. The standard InChI is InChI=1S/C7H16N2O2S/c1-6(9-8)7-4-2-3-5-12(7,10)11/h6-7,9H,2-5,8H2,1H3. The molecule has 1 aliphatic heterocycles. The van der Waals surface area contributed by atoms with Crippen LogP contribution in [0.15, 0.2) is 0 Å². The van der Waals surface area contributed by atoms with Crippen molar-refractivity contribution in [3.8, 4) is 0 Å². The summed E-state index contributed by atoms with van der Waals surface area (Å²) in [5.41, 5.74) is 2.51. The van der Waals surface area contributed by atoms with Crippen LogP contribution >= 0.6 is 0 Å². The van der Waals surface area contributed by atoms with Gasteiger partial charge in [-0.2, -0.15) is 0 Å². The highest BCUT2D eigenvalue weighted by atomic mass is 32.2. The molecule has 2 unspecified atom stereocenters. The second-order valence-corrected chi connectivity index (χ2v) is 5.70. The van der Waals surface area contributed by atoms with Gasteiger partial charge in [-0.05, 0) is 19.8 Å². The minimum Gasteiger partial charge on any atom is -0.271 e. The Morgan fingerprint density at radius 2 is 2.17 bits per heavy atom. The molecule has 1 fully saturated rings. The SMILES string of the molecule is CC(NN)C1CCCCS1(=O)=O. The average Bonchev–Trinajstić information content (AvgIpc) is 2.02. The third kappa shape index (κ3) is 1.97. The van der Waals surface area contributed by atoms with Crippen LogP contribution in [0.1, 0.15) is 26.2 Å². The third-order valence-electron chi connectivity index (χ3n) is 2.45. The van der Waals surface area contributed by atoms with E-state index in [0.29, 0.717) is 5.75 Å². The smallest absolute Gasteiger partial charge is 0.154 e. The van der Waals surface area contributed by atoms with Gasteiger partial charge in [-0.15, -0.1) is 0 Å². The summed E-state index contributed by atoms with van der Waals surface area (Å²) in [6.07, 6.45) is 2.54. The second-order valence-electron chi connectivity index (χ2n) is 3.36. The summed E-state index contributed by atoms with van der Waals surface area (Å²) in [4.78, 5) is 0. The van der Waals surface area contributed by atoms with Crippen LogP contribution in [0.2, 0.25) is 0 Å². The molecule has 2 atom stereocenters. The fourth-order valence-electron chi connectivity index (χ4n) is 1.65. The van der Waals surface area contributed by atoms with E-state index < -0.39 is 9.84 Å². The lowest BCUT2D eigenvalue weighted by Crippen LogP contribution is -2.47. The average molecular weight is 192 g/mol. The van der Waals surface area contributed by atoms with Crippen molar-refractivity contribution in [2.75, 3.05) is 5.75 Å². The lowest BCUT2D eigenvalue weighted by molar-refractivity contribution is 0.464. The molecule has 0 amide bonds. The Labute approximate surface area is 73.4 Å². The van der Waals surface area contributed by atoms with E-state index in [1.54, 1.807) is 0 Å². The van der Waals surface area contributed by atoms with Gasteiger partial charge in [0, 0.05) is 6.04 Å². The van der Waals surface area contributed by atoms with Gasteiger partial charge in [-0.1, -0.05) is 6.42 Å². The first-order valence-electron chi connectivity index (χ1n) is 4.25. The van der Waals surface area contributed by atoms with Gasteiger partial charge >= 0.3 is 0 Å². The molecule has 0 aromatic heterocycles. The molecular weight excluding hydrogens is 176 g/mol. The highest BCUT2D eigenvalue weighted by Crippen LogP contribution is 2.21. The number of hydrazine groups is 1. The summed E-state index contributed by atoms with van der Waals surface area (Å²) in [5, 5.41) is -0.281. The normalized spacial score (nSPS) is 31.3. The molecular formula is C7H16N2O2S. The first kappa shape index (κ1) is 9.95. The van der Waals surface area contributed by atoms with Crippen molar-refractivity contribution >= 4 is 9.84 Å². The maximum atomic E-state index is 11.5. The van der Waals surface area contributed by atoms with Gasteiger partial charge < -0.3 is 0 Å². The summed E-state index contributed by atoms with van der Waals surface area (Å²) in [6.45, 7) is 1.81. The minimum absolute atomic E-state index is 0.129. The number of hydrogen-bond donors (Lipinski definition) is 2. The van der Waals surface area contributed by atoms with E-state index in [4.69, 9.17) is 5.84 Å². The number of nitrogens with two attached hydrogens (primary N) is 1. The largest absolute Gasteiger partial charge is 0.271 e. The van der Waals surface area contributed by atoms with Crippen LogP contribution in [0.4, 0.5) is 0 Å². The maximum Gasteiger partial charge on any atom is 0.154 e. The summed E-state index contributed by atoms with van der Waals surface area (Å²) < 4.78 is 23.0. The number of rotatable bonds is 2. The molecule has 4 nitrogen and oxygen atoms in total. The van der Waals surface area contributed by atoms with E-state index in [9.17, 15) is 8.42 Å². The fourth-order valence-corrected chi connectivity index (χ4v) is 3.78. The lowest BCUT2D eigenvalue weighted by Gasteiger charge is -2.26. The van der Waals surface area contributed by atoms with E-state index in [2.05, 4.69) is 5.43 Å². The number of hydrogen-bond acceptors (Lipinski definition) is 4. The molecule has 0 aromatic carbocycles. The molecule has 0 aromatic rings. The predicted octanol–water partition coefficient (Wildman–Crippen LogP) is -0.195. The first-order chi connectivity index (χ1) is 5.58. The summed E-state index contributed by atoms with van der Waals surface area (Å²) >= 11 is 0. The van der Waals surface area contributed by atoms with E-state index in [1.165, 1.54) is 0 Å². The summed E-state index contributed by atoms with van der Waals surface area (Å²) in [5.74, 6) is 5.53. The summed E-state index contributed by atoms with van der Waals surface area (Å²) in [6, 6.07) is -0.129. The highest BCUT2D eigenvalue weighted by molar-refractivity contribution is 7.92. The Morgan fingerprint density at radius 1 is 1.50 bits per heavy atom. The van der Waals surface area contributed by atoms with Crippen molar-refractivity contribution in [3.63, 3.8) is 0 Å². The molecule has 0 radical (unpaired) electrons. The highest BCUT2D eigenvalue weighted by Gasteiger charge is 2.32. The zero-order chi connectivity index (χ0) is 9.19. The zero-order valence-electron chi connectivity index (χ0n) is 7.29. The van der Waals surface area contributed by atoms with Gasteiger partial charge in [-0.3, -0.25) is 11.3 Å². The van der Waals surface area contributed by atoms with Crippen LogP contribution in [-0.2, 0) is 9.84 Å². The van der Waals surface area contributed by atoms with Crippen LogP contribution in [0.25, 0.3) is 0 Å².